The van der Waals surface area contributed by atoms with Crippen molar-refractivity contribution < 1.29 is 27.8 Å². The SMILES string of the molecule is COc1ccc(S(=O)(=O)N2CCCC2C(=O)Nc2cc(Cl)c(O)c(Cl)c2)cc1OC. The van der Waals surface area contributed by atoms with Gasteiger partial charge in [-0.2, -0.15) is 4.31 Å². The third kappa shape index (κ3) is 4.29. The van der Waals surface area contributed by atoms with Crippen molar-refractivity contribution in [1.82, 2.24) is 4.31 Å². The average molecular weight is 475 g/mol. The van der Waals surface area contributed by atoms with Crippen LogP contribution in [0.5, 0.6) is 17.2 Å². The van der Waals surface area contributed by atoms with Gasteiger partial charge in [-0.05, 0) is 37.1 Å². The van der Waals surface area contributed by atoms with Crippen LogP contribution in [-0.2, 0) is 14.8 Å². The lowest BCUT2D eigenvalue weighted by Gasteiger charge is -2.24. The number of ether oxygens (including phenoxy) is 2. The van der Waals surface area contributed by atoms with Gasteiger partial charge in [-0.25, -0.2) is 8.42 Å². The van der Waals surface area contributed by atoms with Crippen LogP contribution in [0.2, 0.25) is 10.0 Å². The zero-order valence-corrected chi connectivity index (χ0v) is 18.5. The third-order valence-corrected chi connectivity index (χ3v) is 7.23. The van der Waals surface area contributed by atoms with Gasteiger partial charge in [0.2, 0.25) is 15.9 Å². The molecule has 0 radical (unpaired) electrons. The fraction of sp³-hybridized carbons (Fsp3) is 0.316. The molecule has 0 saturated carbocycles. The van der Waals surface area contributed by atoms with Gasteiger partial charge in [0.05, 0.1) is 29.2 Å². The van der Waals surface area contributed by atoms with E-state index >= 15 is 0 Å². The number of carbonyl (C=O) groups is 1. The van der Waals surface area contributed by atoms with Crippen LogP contribution in [-0.4, -0.2) is 50.5 Å². The van der Waals surface area contributed by atoms with Gasteiger partial charge in [-0.15, -0.1) is 0 Å². The second kappa shape index (κ2) is 8.89. The van der Waals surface area contributed by atoms with Crippen molar-refractivity contribution in [3.8, 4) is 17.2 Å². The van der Waals surface area contributed by atoms with Crippen molar-refractivity contribution in [3.05, 3.63) is 40.4 Å². The van der Waals surface area contributed by atoms with Crippen LogP contribution in [0, 0.1) is 0 Å². The van der Waals surface area contributed by atoms with Crippen LogP contribution in [0.4, 0.5) is 5.69 Å². The highest BCUT2D eigenvalue weighted by Crippen LogP contribution is 2.36. The van der Waals surface area contributed by atoms with Gasteiger partial charge < -0.3 is 19.9 Å². The number of nitrogens with zero attached hydrogens (tertiary/aromatic N) is 1. The summed E-state index contributed by atoms with van der Waals surface area (Å²) in [6.07, 6.45) is 0.888. The molecular weight excluding hydrogens is 455 g/mol. The number of rotatable bonds is 6. The number of benzene rings is 2. The van der Waals surface area contributed by atoms with Crippen LogP contribution in [0.3, 0.4) is 0 Å². The van der Waals surface area contributed by atoms with E-state index in [0.29, 0.717) is 18.6 Å². The molecule has 3 rings (SSSR count). The second-order valence-electron chi connectivity index (χ2n) is 6.57. The number of methoxy groups -OCH3 is 2. The van der Waals surface area contributed by atoms with Crippen LogP contribution in [0.15, 0.2) is 35.2 Å². The van der Waals surface area contributed by atoms with E-state index in [4.69, 9.17) is 32.7 Å². The lowest BCUT2D eigenvalue weighted by atomic mass is 10.2. The Morgan fingerprint density at radius 2 is 1.77 bits per heavy atom. The van der Waals surface area contributed by atoms with Crippen molar-refractivity contribution in [2.75, 3.05) is 26.1 Å². The van der Waals surface area contributed by atoms with Gasteiger partial charge in [0.15, 0.2) is 17.2 Å². The van der Waals surface area contributed by atoms with Gasteiger partial charge >= 0.3 is 0 Å². The van der Waals surface area contributed by atoms with E-state index in [1.165, 1.54) is 44.6 Å². The minimum Gasteiger partial charge on any atom is -0.505 e. The first-order chi connectivity index (χ1) is 14.2. The van der Waals surface area contributed by atoms with Crippen LogP contribution < -0.4 is 14.8 Å². The first-order valence-electron chi connectivity index (χ1n) is 8.91. The maximum atomic E-state index is 13.2. The molecule has 1 saturated heterocycles. The third-order valence-electron chi connectivity index (χ3n) is 4.75. The van der Waals surface area contributed by atoms with E-state index in [-0.39, 0.29) is 38.7 Å². The summed E-state index contributed by atoms with van der Waals surface area (Å²) < 4.78 is 37.9. The molecule has 162 valence electrons. The second-order valence-corrected chi connectivity index (χ2v) is 9.27. The summed E-state index contributed by atoms with van der Waals surface area (Å²) >= 11 is 11.8. The predicted octanol–water partition coefficient (Wildman–Crippen LogP) is 3.51. The molecular formula is C19H20Cl2N2O6S. The topological polar surface area (TPSA) is 105 Å². The monoisotopic (exact) mass is 474 g/mol. The molecule has 1 amide bonds. The summed E-state index contributed by atoms with van der Waals surface area (Å²) in [7, 11) is -1.10. The summed E-state index contributed by atoms with van der Waals surface area (Å²) in [5, 5.41) is 12.2. The normalized spacial score (nSPS) is 17.0. The van der Waals surface area contributed by atoms with Gasteiger partial charge in [0, 0.05) is 18.3 Å². The number of sulfonamides is 1. The molecule has 2 aromatic carbocycles. The summed E-state index contributed by atoms with van der Waals surface area (Å²) in [5.41, 5.74) is 0.253. The van der Waals surface area contributed by atoms with Crippen molar-refractivity contribution in [2.45, 2.75) is 23.8 Å². The molecule has 1 heterocycles. The summed E-state index contributed by atoms with van der Waals surface area (Å²) in [6.45, 7) is 0.200. The van der Waals surface area contributed by atoms with Gasteiger partial charge in [0.1, 0.15) is 6.04 Å². The van der Waals surface area contributed by atoms with E-state index in [2.05, 4.69) is 5.32 Å². The standard InChI is InChI=1S/C19H20Cl2N2O6S/c1-28-16-6-5-12(10-17(16)29-2)30(26,27)23-7-3-4-15(23)19(25)22-11-8-13(20)18(24)14(21)9-11/h5-6,8-10,15,24H,3-4,7H2,1-2H3,(H,22,25). The Morgan fingerprint density at radius 1 is 1.13 bits per heavy atom. The van der Waals surface area contributed by atoms with Crippen molar-refractivity contribution in [1.29, 1.82) is 0 Å². The van der Waals surface area contributed by atoms with E-state index < -0.39 is 22.0 Å². The van der Waals surface area contributed by atoms with Crippen LogP contribution in [0.25, 0.3) is 0 Å². The Bertz CT molecular complexity index is 1050. The Hall–Kier alpha value is -2.20. The number of hydrogen-bond acceptors (Lipinski definition) is 6. The predicted molar refractivity (Wildman–Crippen MR) is 113 cm³/mol. The zero-order valence-electron chi connectivity index (χ0n) is 16.2. The van der Waals surface area contributed by atoms with Crippen LogP contribution >= 0.6 is 23.2 Å². The Morgan fingerprint density at radius 3 is 2.37 bits per heavy atom. The zero-order chi connectivity index (χ0) is 22.1. The highest BCUT2D eigenvalue weighted by Gasteiger charge is 2.39. The van der Waals surface area contributed by atoms with Gasteiger partial charge in [0.25, 0.3) is 0 Å². The molecule has 1 unspecified atom stereocenters. The van der Waals surface area contributed by atoms with E-state index in [0.717, 1.165) is 4.31 Å². The number of amides is 1. The fourth-order valence-electron chi connectivity index (χ4n) is 3.27. The number of halogens is 2. The average Bonchev–Trinajstić information content (AvgIpc) is 3.22. The molecule has 8 nitrogen and oxygen atoms in total. The minimum absolute atomic E-state index is 0.00410. The molecule has 1 aliphatic rings. The van der Waals surface area contributed by atoms with Crippen LogP contribution in [0.1, 0.15) is 12.8 Å². The molecule has 0 spiro atoms. The first-order valence-corrected chi connectivity index (χ1v) is 11.1. The number of nitrogens with one attached hydrogen (secondary N) is 1. The van der Waals surface area contributed by atoms with Crippen molar-refractivity contribution >= 4 is 44.8 Å². The molecule has 0 aromatic heterocycles. The summed E-state index contributed by atoms with van der Waals surface area (Å²) in [6, 6.07) is 6.03. The Balaban J connectivity index is 1.86. The molecule has 2 N–H and O–H groups in total. The van der Waals surface area contributed by atoms with E-state index in [1.807, 2.05) is 0 Å². The molecule has 11 heteroatoms. The smallest absolute Gasteiger partial charge is 0.243 e. The maximum absolute atomic E-state index is 13.2. The Kier molecular flexibility index (Phi) is 6.66. The lowest BCUT2D eigenvalue weighted by molar-refractivity contribution is -0.119. The quantitative estimate of drug-likeness (QED) is 0.620. The summed E-state index contributed by atoms with van der Waals surface area (Å²) in [4.78, 5) is 12.8. The molecule has 1 atom stereocenters. The molecule has 1 fully saturated rings. The number of phenols is 1. The highest BCUT2D eigenvalue weighted by atomic mass is 35.5. The summed E-state index contributed by atoms with van der Waals surface area (Å²) in [5.74, 6) is -0.148. The van der Waals surface area contributed by atoms with E-state index in [9.17, 15) is 18.3 Å². The molecule has 2 aromatic rings. The number of phenolic OH excluding ortho intramolecular Hbond substituents is 1. The van der Waals surface area contributed by atoms with Gasteiger partial charge in [-0.1, -0.05) is 23.2 Å². The molecule has 0 bridgehead atoms. The molecule has 30 heavy (non-hydrogen) atoms. The number of carbonyl (C=O) groups excluding carboxylic acids is 1. The molecule has 0 aliphatic carbocycles. The van der Waals surface area contributed by atoms with Gasteiger partial charge in [-0.3, -0.25) is 4.79 Å². The van der Waals surface area contributed by atoms with Crippen molar-refractivity contribution in [2.24, 2.45) is 0 Å². The first kappa shape index (κ1) is 22.5. The fourth-order valence-corrected chi connectivity index (χ4v) is 5.42. The lowest BCUT2D eigenvalue weighted by Crippen LogP contribution is -2.43. The highest BCUT2D eigenvalue weighted by molar-refractivity contribution is 7.89. The maximum Gasteiger partial charge on any atom is 0.243 e. The Labute approximate surface area is 184 Å². The van der Waals surface area contributed by atoms with E-state index in [1.54, 1.807) is 0 Å². The molecule has 1 aliphatic heterocycles. The largest absolute Gasteiger partial charge is 0.505 e. The van der Waals surface area contributed by atoms with Crippen molar-refractivity contribution in [3.63, 3.8) is 0 Å². The minimum atomic E-state index is -3.96. The number of hydrogen-bond donors (Lipinski definition) is 2. The number of aromatic hydroxyl groups is 1. The number of anilines is 1.